The minimum Gasteiger partial charge on any atom is -0.494 e. The van der Waals surface area contributed by atoms with Gasteiger partial charge in [0.15, 0.2) is 0 Å². The molecule has 0 atom stereocenters. The van der Waals surface area contributed by atoms with Crippen LogP contribution in [0.5, 0.6) is 5.75 Å². The van der Waals surface area contributed by atoms with Crippen molar-refractivity contribution in [3.8, 4) is 5.75 Å². The Morgan fingerprint density at radius 3 is 2.64 bits per heavy atom. The molecular formula is C18H26N4O6. The molecule has 1 aromatic rings. The maximum absolute atomic E-state index is 12.0. The monoisotopic (exact) mass is 394 g/mol. The molecule has 0 unspecified atom stereocenters. The van der Waals surface area contributed by atoms with Crippen molar-refractivity contribution in [1.82, 2.24) is 5.32 Å². The number of carbonyl (C=O) groups is 3. The minimum absolute atomic E-state index is 0.192. The molecule has 4 amide bonds. The Hall–Kier alpha value is -2.69. The van der Waals surface area contributed by atoms with Crippen molar-refractivity contribution in [3.05, 3.63) is 18.2 Å². The van der Waals surface area contributed by atoms with Crippen LogP contribution < -0.4 is 26.0 Å². The number of nitrogens with two attached hydrogens (primary N) is 1. The molecule has 154 valence electrons. The molecule has 0 aromatic heterocycles. The van der Waals surface area contributed by atoms with E-state index in [1.807, 2.05) is 0 Å². The predicted octanol–water partition coefficient (Wildman–Crippen LogP) is 0.462. The van der Waals surface area contributed by atoms with E-state index in [0.717, 1.165) is 0 Å². The number of hydrogen-bond acceptors (Lipinski definition) is 7. The Labute approximate surface area is 163 Å². The van der Waals surface area contributed by atoms with E-state index >= 15 is 0 Å². The third-order valence-electron chi connectivity index (χ3n) is 3.92. The Balaban J connectivity index is 1.85. The summed E-state index contributed by atoms with van der Waals surface area (Å²) in [7, 11) is 1.47. The van der Waals surface area contributed by atoms with Gasteiger partial charge in [0.05, 0.1) is 45.6 Å². The van der Waals surface area contributed by atoms with Gasteiger partial charge in [0.1, 0.15) is 5.75 Å². The molecule has 1 saturated heterocycles. The standard InChI is InChI=1S/C18H26N4O6/c1-26-15-12-13(20-17(24)5-8-27-10-11-28-9-6-19)2-3-14(15)22-7-4-16(23)21-18(22)25/h2-3,12H,4-11,19H2,1H3,(H,20,24)(H,21,23,25). The summed E-state index contributed by atoms with van der Waals surface area (Å²) < 4.78 is 15.8. The van der Waals surface area contributed by atoms with Crippen LogP contribution in [-0.2, 0) is 19.1 Å². The molecule has 1 heterocycles. The van der Waals surface area contributed by atoms with Crippen LogP contribution in [0.15, 0.2) is 18.2 Å². The number of methoxy groups -OCH3 is 1. The van der Waals surface area contributed by atoms with Crippen molar-refractivity contribution in [2.24, 2.45) is 5.73 Å². The average molecular weight is 394 g/mol. The van der Waals surface area contributed by atoms with Crippen molar-refractivity contribution in [1.29, 1.82) is 0 Å². The summed E-state index contributed by atoms with van der Waals surface area (Å²) >= 11 is 0. The van der Waals surface area contributed by atoms with E-state index < -0.39 is 6.03 Å². The second-order valence-corrected chi connectivity index (χ2v) is 5.95. The van der Waals surface area contributed by atoms with Crippen LogP contribution in [0, 0.1) is 0 Å². The molecule has 0 radical (unpaired) electrons. The number of rotatable bonds is 11. The first-order chi connectivity index (χ1) is 13.5. The zero-order valence-corrected chi connectivity index (χ0v) is 15.9. The topological polar surface area (TPSA) is 132 Å². The lowest BCUT2D eigenvalue weighted by atomic mass is 10.2. The molecule has 1 aliphatic heterocycles. The lowest BCUT2D eigenvalue weighted by molar-refractivity contribution is -0.120. The zero-order valence-electron chi connectivity index (χ0n) is 15.9. The molecule has 28 heavy (non-hydrogen) atoms. The third kappa shape index (κ3) is 6.48. The van der Waals surface area contributed by atoms with Gasteiger partial charge in [-0.15, -0.1) is 0 Å². The van der Waals surface area contributed by atoms with Gasteiger partial charge in [-0.25, -0.2) is 4.79 Å². The molecule has 4 N–H and O–H groups in total. The number of benzene rings is 1. The number of anilines is 2. The van der Waals surface area contributed by atoms with Gasteiger partial charge < -0.3 is 25.3 Å². The number of carbonyl (C=O) groups excluding carboxylic acids is 3. The summed E-state index contributed by atoms with van der Waals surface area (Å²) in [5, 5.41) is 5.02. The highest BCUT2D eigenvalue weighted by atomic mass is 16.5. The minimum atomic E-state index is -0.501. The van der Waals surface area contributed by atoms with Crippen LogP contribution in [0.2, 0.25) is 0 Å². The molecule has 10 nitrogen and oxygen atoms in total. The first kappa shape index (κ1) is 21.6. The highest BCUT2D eigenvalue weighted by molar-refractivity contribution is 6.06. The Kier molecular flexibility index (Phi) is 8.66. The van der Waals surface area contributed by atoms with Crippen LogP contribution >= 0.6 is 0 Å². The average Bonchev–Trinajstić information content (AvgIpc) is 2.67. The molecule has 10 heteroatoms. The highest BCUT2D eigenvalue weighted by Crippen LogP contribution is 2.32. The van der Waals surface area contributed by atoms with Crippen LogP contribution in [-0.4, -0.2) is 64.5 Å². The fourth-order valence-corrected chi connectivity index (χ4v) is 2.57. The third-order valence-corrected chi connectivity index (χ3v) is 3.92. The van der Waals surface area contributed by atoms with Crippen LogP contribution in [0.25, 0.3) is 0 Å². The highest BCUT2D eigenvalue weighted by Gasteiger charge is 2.26. The van der Waals surface area contributed by atoms with Gasteiger partial charge in [0, 0.05) is 31.3 Å². The van der Waals surface area contributed by atoms with Gasteiger partial charge in [-0.3, -0.25) is 19.8 Å². The lowest BCUT2D eigenvalue weighted by Crippen LogP contribution is -2.49. The van der Waals surface area contributed by atoms with Crippen LogP contribution in [0.3, 0.4) is 0 Å². The Bertz CT molecular complexity index is 697. The number of urea groups is 1. The second-order valence-electron chi connectivity index (χ2n) is 5.95. The smallest absolute Gasteiger partial charge is 0.328 e. The van der Waals surface area contributed by atoms with E-state index in [1.165, 1.54) is 12.0 Å². The molecule has 0 spiro atoms. The number of imide groups is 1. The van der Waals surface area contributed by atoms with Crippen molar-refractivity contribution >= 4 is 29.2 Å². The van der Waals surface area contributed by atoms with Crippen molar-refractivity contribution in [2.45, 2.75) is 12.8 Å². The molecule has 0 saturated carbocycles. The summed E-state index contributed by atoms with van der Waals surface area (Å²) in [6.45, 7) is 2.32. The maximum atomic E-state index is 12.0. The summed E-state index contributed by atoms with van der Waals surface area (Å²) in [6, 6.07) is 4.45. The first-order valence-electron chi connectivity index (χ1n) is 9.00. The van der Waals surface area contributed by atoms with Crippen molar-refractivity contribution in [3.63, 3.8) is 0 Å². The van der Waals surface area contributed by atoms with E-state index in [0.29, 0.717) is 43.5 Å². The molecular weight excluding hydrogens is 368 g/mol. The van der Waals surface area contributed by atoms with Gasteiger partial charge in [-0.05, 0) is 12.1 Å². The number of nitrogens with one attached hydrogen (secondary N) is 2. The van der Waals surface area contributed by atoms with E-state index in [-0.39, 0.29) is 37.8 Å². The lowest BCUT2D eigenvalue weighted by Gasteiger charge is -2.28. The molecule has 1 aliphatic rings. The number of amides is 4. The Morgan fingerprint density at radius 2 is 1.96 bits per heavy atom. The molecule has 1 aromatic carbocycles. The largest absolute Gasteiger partial charge is 0.494 e. The normalized spacial score (nSPS) is 14.0. The predicted molar refractivity (Wildman–Crippen MR) is 102 cm³/mol. The van der Waals surface area contributed by atoms with Crippen LogP contribution in [0.4, 0.5) is 16.2 Å². The van der Waals surface area contributed by atoms with Gasteiger partial charge in [-0.2, -0.15) is 0 Å². The quantitative estimate of drug-likeness (QED) is 0.465. The molecule has 0 bridgehead atoms. The first-order valence-corrected chi connectivity index (χ1v) is 9.00. The maximum Gasteiger partial charge on any atom is 0.328 e. The van der Waals surface area contributed by atoms with Gasteiger partial charge in [-0.1, -0.05) is 0 Å². The van der Waals surface area contributed by atoms with E-state index in [2.05, 4.69) is 10.6 Å². The van der Waals surface area contributed by atoms with E-state index in [1.54, 1.807) is 18.2 Å². The molecule has 1 fully saturated rings. The zero-order chi connectivity index (χ0) is 20.4. The summed E-state index contributed by atoms with van der Waals surface area (Å²) in [6.07, 6.45) is 0.405. The van der Waals surface area contributed by atoms with Gasteiger partial charge in [0.2, 0.25) is 11.8 Å². The summed E-state index contributed by atoms with van der Waals surface area (Å²) in [5.74, 6) is -0.105. The molecule has 2 rings (SSSR count). The SMILES string of the molecule is COc1cc(NC(=O)CCOCCOCCN)ccc1N1CCC(=O)NC1=O. The molecule has 0 aliphatic carbocycles. The number of nitrogens with zero attached hydrogens (tertiary/aromatic N) is 1. The number of ether oxygens (including phenoxy) is 3. The van der Waals surface area contributed by atoms with Crippen molar-refractivity contribution in [2.75, 3.05) is 56.8 Å². The van der Waals surface area contributed by atoms with E-state index in [4.69, 9.17) is 19.9 Å². The van der Waals surface area contributed by atoms with E-state index in [9.17, 15) is 14.4 Å². The second kappa shape index (κ2) is 11.2. The fourth-order valence-electron chi connectivity index (χ4n) is 2.57. The van der Waals surface area contributed by atoms with Crippen molar-refractivity contribution < 1.29 is 28.6 Å². The fraction of sp³-hybridized carbons (Fsp3) is 0.500. The summed E-state index contributed by atoms with van der Waals surface area (Å²) in [5.41, 5.74) is 6.36. The van der Waals surface area contributed by atoms with Gasteiger partial charge >= 0.3 is 6.03 Å². The Morgan fingerprint density at radius 1 is 1.21 bits per heavy atom. The number of hydrogen-bond donors (Lipinski definition) is 3. The summed E-state index contributed by atoms with van der Waals surface area (Å²) in [4.78, 5) is 36.8. The van der Waals surface area contributed by atoms with Gasteiger partial charge in [0.25, 0.3) is 0 Å². The van der Waals surface area contributed by atoms with Crippen LogP contribution in [0.1, 0.15) is 12.8 Å².